The number of nitrogens with zero attached hydrogens (tertiary/aromatic N) is 1. The molecule has 0 bridgehead atoms. The minimum absolute atomic E-state index is 0.0637. The summed E-state index contributed by atoms with van der Waals surface area (Å²) >= 11 is 0. The van der Waals surface area contributed by atoms with E-state index in [-0.39, 0.29) is 11.9 Å². The number of methoxy groups -OCH3 is 1. The number of carbonyl (C=O) groups is 1. The monoisotopic (exact) mass is 368 g/mol. The molecule has 0 radical (unpaired) electrons. The minimum atomic E-state index is -0.454. The first-order chi connectivity index (χ1) is 13.2. The molecule has 5 nitrogen and oxygen atoms in total. The Morgan fingerprint density at radius 1 is 1.22 bits per heavy atom. The van der Waals surface area contributed by atoms with Crippen molar-refractivity contribution in [1.29, 1.82) is 0 Å². The second-order valence-corrected chi connectivity index (χ2v) is 6.68. The Kier molecular flexibility index (Phi) is 6.35. The van der Waals surface area contributed by atoms with Crippen molar-refractivity contribution in [2.24, 2.45) is 0 Å². The van der Waals surface area contributed by atoms with Crippen molar-refractivity contribution >= 4 is 5.91 Å². The second kappa shape index (κ2) is 8.91. The molecule has 2 aromatic carbocycles. The van der Waals surface area contributed by atoms with E-state index in [1.165, 1.54) is 0 Å². The lowest BCUT2D eigenvalue weighted by molar-refractivity contribution is -0.127. The maximum Gasteiger partial charge on any atom is 0.261 e. The first-order valence-electron chi connectivity index (χ1n) is 9.56. The van der Waals surface area contributed by atoms with Crippen LogP contribution in [0.25, 0.3) is 0 Å². The Bertz CT molecular complexity index is 749. The highest BCUT2D eigenvalue weighted by Crippen LogP contribution is 2.28. The van der Waals surface area contributed by atoms with Crippen LogP contribution in [0.2, 0.25) is 0 Å². The molecule has 2 aromatic rings. The number of para-hydroxylation sites is 1. The quantitative estimate of drug-likeness (QED) is 0.777. The molecule has 0 saturated heterocycles. The number of likely N-dealkylation sites (N-methyl/N-ethyl adjacent to an activating group) is 1. The number of ether oxygens (including phenoxy) is 2. The molecule has 1 N–H and O–H groups in total. The highest BCUT2D eigenvalue weighted by Gasteiger charge is 2.29. The molecule has 0 saturated carbocycles. The molecule has 1 amide bonds. The van der Waals surface area contributed by atoms with Crippen molar-refractivity contribution in [3.63, 3.8) is 0 Å². The largest absolute Gasteiger partial charge is 0.497 e. The van der Waals surface area contributed by atoms with Crippen LogP contribution < -0.4 is 14.8 Å². The van der Waals surface area contributed by atoms with Gasteiger partial charge in [-0.05, 0) is 42.4 Å². The van der Waals surface area contributed by atoms with Crippen molar-refractivity contribution in [3.8, 4) is 11.5 Å². The van der Waals surface area contributed by atoms with E-state index in [0.717, 1.165) is 35.7 Å². The fourth-order valence-corrected chi connectivity index (χ4v) is 3.61. The Labute approximate surface area is 161 Å². The molecular formula is C22H28N2O3. The molecule has 1 aliphatic rings. The van der Waals surface area contributed by atoms with Crippen LogP contribution in [0.1, 0.15) is 31.0 Å². The van der Waals surface area contributed by atoms with Crippen LogP contribution in [0, 0.1) is 0 Å². The van der Waals surface area contributed by atoms with Gasteiger partial charge in [-0.2, -0.15) is 0 Å². The van der Waals surface area contributed by atoms with E-state index >= 15 is 0 Å². The number of rotatable bonds is 8. The molecule has 0 aliphatic carbocycles. The summed E-state index contributed by atoms with van der Waals surface area (Å²) in [6, 6.07) is 16.0. The van der Waals surface area contributed by atoms with Crippen LogP contribution in [-0.2, 0) is 11.2 Å². The third kappa shape index (κ3) is 4.42. The predicted octanol–water partition coefficient (Wildman–Crippen LogP) is 3.20. The highest BCUT2D eigenvalue weighted by atomic mass is 16.5. The van der Waals surface area contributed by atoms with E-state index in [9.17, 15) is 4.79 Å². The van der Waals surface area contributed by atoms with Gasteiger partial charge in [0.05, 0.1) is 13.2 Å². The first-order valence-corrected chi connectivity index (χ1v) is 9.56. The predicted molar refractivity (Wildman–Crippen MR) is 106 cm³/mol. The van der Waals surface area contributed by atoms with Crippen LogP contribution in [0.3, 0.4) is 0 Å². The number of amides is 1. The maximum atomic E-state index is 12.7. The van der Waals surface area contributed by atoms with Crippen molar-refractivity contribution in [2.45, 2.75) is 32.4 Å². The molecule has 0 unspecified atom stereocenters. The van der Waals surface area contributed by atoms with E-state index in [4.69, 9.17) is 9.47 Å². The van der Waals surface area contributed by atoms with Gasteiger partial charge >= 0.3 is 0 Å². The fourth-order valence-electron chi connectivity index (χ4n) is 3.61. The molecule has 144 valence electrons. The smallest absolute Gasteiger partial charge is 0.261 e. The van der Waals surface area contributed by atoms with E-state index in [2.05, 4.69) is 30.1 Å². The summed E-state index contributed by atoms with van der Waals surface area (Å²) in [4.78, 5) is 15.0. The Morgan fingerprint density at radius 3 is 2.70 bits per heavy atom. The van der Waals surface area contributed by atoms with Gasteiger partial charge in [-0.25, -0.2) is 0 Å². The number of hydrogen-bond acceptors (Lipinski definition) is 4. The lowest BCUT2D eigenvalue weighted by atomic mass is 10.0. The standard InChI is InChI=1S/C22H28N2O3/c1-4-24(5-2)19(16-10-8-11-18(13-16)26-3)15-23-22(25)21-14-17-9-6-7-12-20(17)27-21/h6-13,19,21H,4-5,14-15H2,1-3H3,(H,23,25)/t19-,21+/m0/s1. The third-order valence-electron chi connectivity index (χ3n) is 5.14. The number of carbonyl (C=O) groups excluding carboxylic acids is 1. The molecule has 0 spiro atoms. The summed E-state index contributed by atoms with van der Waals surface area (Å²) in [5.74, 6) is 1.57. The lowest BCUT2D eigenvalue weighted by Gasteiger charge is -2.30. The Hall–Kier alpha value is -2.53. The molecule has 27 heavy (non-hydrogen) atoms. The van der Waals surface area contributed by atoms with Crippen molar-refractivity contribution < 1.29 is 14.3 Å². The molecule has 0 aromatic heterocycles. The van der Waals surface area contributed by atoms with Gasteiger partial charge in [0.1, 0.15) is 11.5 Å². The van der Waals surface area contributed by atoms with Crippen LogP contribution in [0.5, 0.6) is 11.5 Å². The molecule has 5 heteroatoms. The second-order valence-electron chi connectivity index (χ2n) is 6.68. The summed E-state index contributed by atoms with van der Waals surface area (Å²) < 4.78 is 11.2. The number of fused-ring (bicyclic) bond motifs is 1. The molecule has 0 fully saturated rings. The van der Waals surface area contributed by atoms with E-state index < -0.39 is 6.10 Å². The summed E-state index contributed by atoms with van der Waals surface area (Å²) in [6.45, 7) is 6.60. The van der Waals surface area contributed by atoms with Gasteiger partial charge in [0, 0.05) is 13.0 Å². The van der Waals surface area contributed by atoms with E-state index in [1.54, 1.807) is 7.11 Å². The summed E-state index contributed by atoms with van der Waals surface area (Å²) in [5, 5.41) is 3.10. The van der Waals surface area contributed by atoms with Gasteiger partial charge < -0.3 is 14.8 Å². The number of nitrogens with one attached hydrogen (secondary N) is 1. The maximum absolute atomic E-state index is 12.7. The minimum Gasteiger partial charge on any atom is -0.497 e. The van der Waals surface area contributed by atoms with Crippen LogP contribution in [0.4, 0.5) is 0 Å². The average molecular weight is 368 g/mol. The normalized spacial score (nSPS) is 16.5. The Balaban J connectivity index is 1.68. The van der Waals surface area contributed by atoms with Gasteiger partial charge in [0.25, 0.3) is 5.91 Å². The zero-order chi connectivity index (χ0) is 19.2. The van der Waals surface area contributed by atoms with E-state index in [0.29, 0.717) is 13.0 Å². The van der Waals surface area contributed by atoms with Gasteiger partial charge in [-0.1, -0.05) is 44.2 Å². The SMILES string of the molecule is CCN(CC)[C@@H](CNC(=O)[C@H]1Cc2ccccc2O1)c1cccc(OC)c1. The van der Waals surface area contributed by atoms with Crippen molar-refractivity contribution in [2.75, 3.05) is 26.7 Å². The van der Waals surface area contributed by atoms with Crippen LogP contribution in [-0.4, -0.2) is 43.7 Å². The highest BCUT2D eigenvalue weighted by molar-refractivity contribution is 5.82. The zero-order valence-electron chi connectivity index (χ0n) is 16.3. The molecule has 1 aliphatic heterocycles. The zero-order valence-corrected chi connectivity index (χ0v) is 16.3. The Morgan fingerprint density at radius 2 is 2.00 bits per heavy atom. The van der Waals surface area contributed by atoms with Gasteiger partial charge in [0.15, 0.2) is 6.10 Å². The summed E-state index contributed by atoms with van der Waals surface area (Å²) in [7, 11) is 1.67. The van der Waals surface area contributed by atoms with Gasteiger partial charge in [-0.15, -0.1) is 0 Å². The third-order valence-corrected chi connectivity index (χ3v) is 5.14. The average Bonchev–Trinajstić information content (AvgIpc) is 3.15. The van der Waals surface area contributed by atoms with Crippen molar-refractivity contribution in [1.82, 2.24) is 10.2 Å². The first kappa shape index (κ1) is 19.2. The van der Waals surface area contributed by atoms with Crippen molar-refractivity contribution in [3.05, 3.63) is 59.7 Å². The number of hydrogen-bond donors (Lipinski definition) is 1. The van der Waals surface area contributed by atoms with E-state index in [1.807, 2.05) is 42.5 Å². The lowest BCUT2D eigenvalue weighted by Crippen LogP contribution is -2.43. The molecule has 2 atom stereocenters. The molecular weight excluding hydrogens is 340 g/mol. The summed E-state index contributed by atoms with van der Waals surface area (Å²) in [6.07, 6.45) is 0.168. The number of benzene rings is 2. The van der Waals surface area contributed by atoms with Crippen LogP contribution in [0.15, 0.2) is 48.5 Å². The molecule has 3 rings (SSSR count). The van der Waals surface area contributed by atoms with Gasteiger partial charge in [-0.3, -0.25) is 9.69 Å². The molecule has 1 heterocycles. The van der Waals surface area contributed by atoms with Gasteiger partial charge in [0.2, 0.25) is 0 Å². The van der Waals surface area contributed by atoms with Crippen LogP contribution >= 0.6 is 0 Å². The topological polar surface area (TPSA) is 50.8 Å². The summed E-state index contributed by atoms with van der Waals surface area (Å²) in [5.41, 5.74) is 2.22. The fraction of sp³-hybridized carbons (Fsp3) is 0.409.